The molecule has 0 spiro atoms. The van der Waals surface area contributed by atoms with Crippen molar-refractivity contribution in [2.45, 2.75) is 26.2 Å². The van der Waals surface area contributed by atoms with Crippen molar-refractivity contribution in [1.82, 2.24) is 19.6 Å². The zero-order valence-electron chi connectivity index (χ0n) is 12.2. The van der Waals surface area contributed by atoms with E-state index in [1.807, 2.05) is 0 Å². The average molecular weight is 272 g/mol. The van der Waals surface area contributed by atoms with E-state index in [4.69, 9.17) is 9.47 Å². The third-order valence-electron chi connectivity index (χ3n) is 3.86. The smallest absolute Gasteiger partial charge is 0.326 e. The summed E-state index contributed by atoms with van der Waals surface area (Å²) in [6.07, 6.45) is 0.0973. The lowest BCUT2D eigenvalue weighted by atomic mass is 10.3. The van der Waals surface area contributed by atoms with Crippen LogP contribution in [-0.2, 0) is 9.47 Å². The number of fused-ring (bicyclic) bond motifs is 1. The van der Waals surface area contributed by atoms with Gasteiger partial charge in [0.1, 0.15) is 25.8 Å². The number of hydrogen-bond donors (Lipinski definition) is 0. The molecular weight excluding hydrogens is 248 g/mol. The number of methoxy groups -OCH3 is 2. The van der Waals surface area contributed by atoms with Crippen LogP contribution in [0, 0.1) is 0 Å². The van der Waals surface area contributed by atoms with Gasteiger partial charge in [0.2, 0.25) is 0 Å². The third-order valence-corrected chi connectivity index (χ3v) is 3.86. The van der Waals surface area contributed by atoms with Gasteiger partial charge < -0.3 is 9.47 Å². The Morgan fingerprint density at radius 2 is 1.42 bits per heavy atom. The monoisotopic (exact) mass is 272 g/mol. The number of ether oxygens (including phenoxy) is 2. The molecule has 2 unspecified atom stereocenters. The van der Waals surface area contributed by atoms with Gasteiger partial charge in [-0.1, -0.05) is 13.8 Å². The van der Waals surface area contributed by atoms with Crippen LogP contribution in [0.4, 0.5) is 4.79 Å². The number of carbonyl (C=O) groups excluding carboxylic acids is 1. The van der Waals surface area contributed by atoms with E-state index in [0.29, 0.717) is 13.5 Å². The standard InChI is InChI=1S/C12H24N4O3/c1-5-13-7-14(6-2)11-10(13)15(8-18-3)12(17)16(11)9-19-4/h10-11H,5-9H2,1-4H3. The van der Waals surface area contributed by atoms with Crippen molar-refractivity contribution in [1.29, 1.82) is 0 Å². The van der Waals surface area contributed by atoms with Gasteiger partial charge in [-0.05, 0) is 13.1 Å². The van der Waals surface area contributed by atoms with Crippen molar-refractivity contribution in [3.05, 3.63) is 0 Å². The topological polar surface area (TPSA) is 48.5 Å². The summed E-state index contributed by atoms with van der Waals surface area (Å²) in [6, 6.07) is -0.0182. The summed E-state index contributed by atoms with van der Waals surface area (Å²) >= 11 is 0. The highest BCUT2D eigenvalue weighted by Crippen LogP contribution is 2.33. The Morgan fingerprint density at radius 1 is 1.00 bits per heavy atom. The molecule has 2 fully saturated rings. The molecule has 2 heterocycles. The second-order valence-corrected chi connectivity index (χ2v) is 4.84. The van der Waals surface area contributed by atoms with E-state index in [1.54, 1.807) is 24.0 Å². The first-order chi connectivity index (χ1) is 9.19. The second kappa shape index (κ2) is 6.04. The van der Waals surface area contributed by atoms with Gasteiger partial charge in [0.25, 0.3) is 0 Å². The van der Waals surface area contributed by atoms with Gasteiger partial charge in [-0.2, -0.15) is 0 Å². The molecule has 0 saturated carbocycles. The lowest BCUT2D eigenvalue weighted by Crippen LogP contribution is -2.46. The highest BCUT2D eigenvalue weighted by molar-refractivity contribution is 5.77. The minimum absolute atomic E-state index is 0.0182. The quantitative estimate of drug-likeness (QED) is 0.691. The summed E-state index contributed by atoms with van der Waals surface area (Å²) in [5, 5.41) is 0. The predicted molar refractivity (Wildman–Crippen MR) is 70.0 cm³/mol. The zero-order chi connectivity index (χ0) is 14.0. The molecule has 0 N–H and O–H groups in total. The van der Waals surface area contributed by atoms with Crippen LogP contribution in [0.25, 0.3) is 0 Å². The number of nitrogens with zero attached hydrogens (tertiary/aromatic N) is 4. The Labute approximate surface area is 114 Å². The van der Waals surface area contributed by atoms with Gasteiger partial charge in [-0.3, -0.25) is 19.6 Å². The van der Waals surface area contributed by atoms with E-state index in [9.17, 15) is 4.79 Å². The molecular formula is C12H24N4O3. The molecule has 2 rings (SSSR count). The number of rotatable bonds is 6. The molecule has 0 aromatic carbocycles. The van der Waals surface area contributed by atoms with Crippen LogP contribution in [0.2, 0.25) is 0 Å². The summed E-state index contributed by atoms with van der Waals surface area (Å²) in [6.45, 7) is 7.55. The van der Waals surface area contributed by atoms with Crippen LogP contribution in [0.15, 0.2) is 0 Å². The molecule has 110 valence electrons. The highest BCUT2D eigenvalue weighted by atomic mass is 16.5. The molecule has 2 aliphatic rings. The number of carbonyl (C=O) groups is 1. The van der Waals surface area contributed by atoms with Crippen LogP contribution in [0.5, 0.6) is 0 Å². The normalized spacial score (nSPS) is 28.5. The molecule has 7 nitrogen and oxygen atoms in total. The molecule has 0 aromatic rings. The maximum absolute atomic E-state index is 12.5. The number of urea groups is 1. The first-order valence-corrected chi connectivity index (χ1v) is 6.72. The Morgan fingerprint density at radius 3 is 1.74 bits per heavy atom. The SMILES string of the molecule is CCN1CN(CC)C2C1N(COC)C(=O)N2COC. The second-order valence-electron chi connectivity index (χ2n) is 4.84. The molecule has 0 aromatic heterocycles. The highest BCUT2D eigenvalue weighted by Gasteiger charge is 2.54. The van der Waals surface area contributed by atoms with E-state index in [-0.39, 0.29) is 18.4 Å². The van der Waals surface area contributed by atoms with Crippen LogP contribution in [0.3, 0.4) is 0 Å². The maximum atomic E-state index is 12.5. The molecule has 0 aliphatic carbocycles. The van der Waals surface area contributed by atoms with Gasteiger partial charge in [-0.25, -0.2) is 4.79 Å². The van der Waals surface area contributed by atoms with Gasteiger partial charge in [0.15, 0.2) is 0 Å². The summed E-state index contributed by atoms with van der Waals surface area (Å²) in [7, 11) is 3.23. The van der Waals surface area contributed by atoms with Crippen molar-refractivity contribution in [2.75, 3.05) is 47.4 Å². The average Bonchev–Trinajstić information content (AvgIpc) is 2.90. The van der Waals surface area contributed by atoms with E-state index in [1.165, 1.54) is 0 Å². The van der Waals surface area contributed by atoms with Gasteiger partial charge in [0.05, 0.1) is 6.67 Å². The molecule has 2 saturated heterocycles. The van der Waals surface area contributed by atoms with Crippen molar-refractivity contribution < 1.29 is 14.3 Å². The number of likely N-dealkylation sites (N-methyl/N-ethyl adjacent to an activating group) is 2. The van der Waals surface area contributed by atoms with Crippen LogP contribution < -0.4 is 0 Å². The summed E-state index contributed by atoms with van der Waals surface area (Å²) in [5.74, 6) is 0. The minimum atomic E-state index is -0.0182. The Kier molecular flexibility index (Phi) is 4.62. The van der Waals surface area contributed by atoms with Crippen LogP contribution in [-0.4, -0.2) is 85.4 Å². The molecule has 2 atom stereocenters. The van der Waals surface area contributed by atoms with Crippen LogP contribution in [0.1, 0.15) is 13.8 Å². The molecule has 0 bridgehead atoms. The van der Waals surface area contributed by atoms with E-state index in [2.05, 4.69) is 23.6 Å². The molecule has 2 aliphatic heterocycles. The lowest BCUT2D eigenvalue weighted by molar-refractivity contribution is 0.0300. The summed E-state index contributed by atoms with van der Waals surface area (Å²) in [5.41, 5.74) is 0. The molecule has 2 amide bonds. The fourth-order valence-corrected chi connectivity index (χ4v) is 3.00. The van der Waals surface area contributed by atoms with Gasteiger partial charge in [0, 0.05) is 14.2 Å². The van der Waals surface area contributed by atoms with Crippen molar-refractivity contribution in [3.8, 4) is 0 Å². The number of hydrogen-bond acceptors (Lipinski definition) is 5. The minimum Gasteiger partial charge on any atom is -0.364 e. The fraction of sp³-hybridized carbons (Fsp3) is 0.917. The lowest BCUT2D eigenvalue weighted by Gasteiger charge is -2.28. The molecule has 19 heavy (non-hydrogen) atoms. The Bertz CT molecular complexity index is 300. The van der Waals surface area contributed by atoms with Crippen molar-refractivity contribution >= 4 is 6.03 Å². The summed E-state index contributed by atoms with van der Waals surface area (Å²) < 4.78 is 10.4. The Hall–Kier alpha value is -0.890. The third kappa shape index (κ3) is 2.31. The van der Waals surface area contributed by atoms with Crippen LogP contribution >= 0.6 is 0 Å². The van der Waals surface area contributed by atoms with E-state index < -0.39 is 0 Å². The molecule has 7 heteroatoms. The van der Waals surface area contributed by atoms with Crippen molar-refractivity contribution in [3.63, 3.8) is 0 Å². The van der Waals surface area contributed by atoms with Gasteiger partial charge >= 0.3 is 6.03 Å². The number of amides is 2. The first kappa shape index (κ1) is 14.5. The first-order valence-electron chi connectivity index (χ1n) is 6.72. The van der Waals surface area contributed by atoms with E-state index in [0.717, 1.165) is 19.8 Å². The zero-order valence-corrected chi connectivity index (χ0v) is 12.2. The summed E-state index contributed by atoms with van der Waals surface area (Å²) in [4.78, 5) is 20.6. The predicted octanol–water partition coefficient (Wildman–Crippen LogP) is 0.199. The molecule has 0 radical (unpaired) electrons. The maximum Gasteiger partial charge on any atom is 0.326 e. The fourth-order valence-electron chi connectivity index (χ4n) is 3.00. The largest absolute Gasteiger partial charge is 0.364 e. The van der Waals surface area contributed by atoms with Crippen molar-refractivity contribution in [2.24, 2.45) is 0 Å². The van der Waals surface area contributed by atoms with E-state index >= 15 is 0 Å². The Balaban J connectivity index is 2.27. The van der Waals surface area contributed by atoms with Gasteiger partial charge in [-0.15, -0.1) is 0 Å².